The number of nitrogens with zero attached hydrogens (tertiary/aromatic N) is 3. The summed E-state index contributed by atoms with van der Waals surface area (Å²) in [7, 11) is -2.06. The van der Waals surface area contributed by atoms with Gasteiger partial charge in [-0.15, -0.1) is 0 Å². The molecule has 0 radical (unpaired) electrons. The highest BCUT2D eigenvalue weighted by molar-refractivity contribution is 7.89. The first-order chi connectivity index (χ1) is 15.7. The van der Waals surface area contributed by atoms with Crippen LogP contribution in [0.25, 0.3) is 0 Å². The van der Waals surface area contributed by atoms with Crippen molar-refractivity contribution < 1.29 is 17.9 Å². The van der Waals surface area contributed by atoms with E-state index in [-0.39, 0.29) is 30.5 Å². The number of benzene rings is 2. The Morgan fingerprint density at radius 2 is 1.85 bits per heavy atom. The molecule has 1 aliphatic heterocycles. The number of hydrogen-bond donors (Lipinski definition) is 1. The van der Waals surface area contributed by atoms with E-state index in [9.17, 15) is 13.2 Å². The van der Waals surface area contributed by atoms with Crippen LogP contribution >= 0.6 is 0 Å². The Balaban J connectivity index is 1.56. The van der Waals surface area contributed by atoms with Gasteiger partial charge in [0.15, 0.2) is 0 Å². The van der Waals surface area contributed by atoms with Crippen molar-refractivity contribution in [1.29, 1.82) is 0 Å². The number of aromatic nitrogens is 2. The quantitative estimate of drug-likeness (QED) is 0.622. The summed E-state index contributed by atoms with van der Waals surface area (Å²) in [5.41, 5.74) is 4.32. The molecule has 2 aromatic carbocycles. The predicted molar refractivity (Wildman–Crippen MR) is 125 cm³/mol. The number of rotatable bonds is 5. The molecule has 33 heavy (non-hydrogen) atoms. The first-order valence-corrected chi connectivity index (χ1v) is 12.2. The molecule has 0 aliphatic carbocycles. The molecule has 1 aromatic heterocycles. The van der Waals surface area contributed by atoms with Crippen molar-refractivity contribution in [2.24, 2.45) is 7.05 Å². The van der Waals surface area contributed by atoms with Crippen molar-refractivity contribution in [3.05, 3.63) is 76.1 Å². The maximum Gasteiger partial charge on any atom is 0.251 e. The molecule has 0 unspecified atom stereocenters. The smallest absolute Gasteiger partial charge is 0.251 e. The summed E-state index contributed by atoms with van der Waals surface area (Å²) >= 11 is 0. The molecule has 0 bridgehead atoms. The van der Waals surface area contributed by atoms with E-state index in [0.717, 1.165) is 11.1 Å². The van der Waals surface area contributed by atoms with E-state index < -0.39 is 10.0 Å². The fourth-order valence-electron chi connectivity index (χ4n) is 3.96. The molecule has 174 valence electrons. The zero-order valence-corrected chi connectivity index (χ0v) is 20.1. The Labute approximate surface area is 194 Å². The number of carbonyl (C=O) groups excluding carboxylic acids is 1. The van der Waals surface area contributed by atoms with Gasteiger partial charge in [-0.3, -0.25) is 9.48 Å². The first kappa shape index (κ1) is 23.0. The Hall–Kier alpha value is -3.17. The molecule has 0 fully saturated rings. The van der Waals surface area contributed by atoms with Crippen LogP contribution in [0.1, 0.15) is 38.4 Å². The third kappa shape index (κ3) is 4.65. The van der Waals surface area contributed by atoms with Gasteiger partial charge >= 0.3 is 0 Å². The SMILES string of the molecule is Cc1ccc(CNC(=O)c2ccc3c(c2)CN(S(=O)(=O)c2c(C)nn(C)c2C)CCO3)cc1. The number of carbonyl (C=O) groups is 1. The van der Waals surface area contributed by atoms with Crippen molar-refractivity contribution in [1.82, 2.24) is 19.4 Å². The number of amides is 1. The fourth-order valence-corrected chi connectivity index (χ4v) is 5.77. The van der Waals surface area contributed by atoms with E-state index in [1.807, 2.05) is 31.2 Å². The number of nitrogens with one attached hydrogen (secondary N) is 1. The minimum atomic E-state index is -3.78. The standard InChI is InChI=1S/C24H28N4O4S/c1-16-5-7-19(8-6-16)14-25-24(29)20-9-10-22-21(13-20)15-28(11-12-32-22)33(30,31)23-17(2)26-27(4)18(23)3/h5-10,13H,11-12,14-15H2,1-4H3,(H,25,29). The zero-order valence-electron chi connectivity index (χ0n) is 19.3. The minimum Gasteiger partial charge on any atom is -0.492 e. The molecular formula is C24H28N4O4S. The zero-order chi connectivity index (χ0) is 23.8. The molecule has 0 spiro atoms. The van der Waals surface area contributed by atoms with Gasteiger partial charge in [0.25, 0.3) is 5.91 Å². The molecule has 0 atom stereocenters. The predicted octanol–water partition coefficient (Wildman–Crippen LogP) is 2.86. The maximum atomic E-state index is 13.4. The second kappa shape index (κ2) is 8.99. The Bertz CT molecular complexity index is 1300. The van der Waals surface area contributed by atoms with Crippen LogP contribution in [0, 0.1) is 20.8 Å². The molecule has 9 heteroatoms. The van der Waals surface area contributed by atoms with Gasteiger partial charge in [-0.1, -0.05) is 29.8 Å². The lowest BCUT2D eigenvalue weighted by Gasteiger charge is -2.20. The van der Waals surface area contributed by atoms with Crippen molar-refractivity contribution in [2.45, 2.75) is 38.8 Å². The van der Waals surface area contributed by atoms with Crippen LogP contribution in [0.5, 0.6) is 5.75 Å². The summed E-state index contributed by atoms with van der Waals surface area (Å²) in [4.78, 5) is 13.0. The molecule has 2 heterocycles. The maximum absolute atomic E-state index is 13.4. The van der Waals surface area contributed by atoms with Crippen molar-refractivity contribution >= 4 is 15.9 Å². The van der Waals surface area contributed by atoms with Gasteiger partial charge in [-0.25, -0.2) is 8.42 Å². The monoisotopic (exact) mass is 468 g/mol. The van der Waals surface area contributed by atoms with Crippen LogP contribution in [0.15, 0.2) is 47.4 Å². The molecule has 3 aromatic rings. The summed E-state index contributed by atoms with van der Waals surface area (Å²) in [5.74, 6) is 0.360. The number of ether oxygens (including phenoxy) is 1. The molecule has 1 N–H and O–H groups in total. The van der Waals surface area contributed by atoms with Gasteiger partial charge < -0.3 is 10.1 Å². The molecule has 4 rings (SSSR count). The lowest BCUT2D eigenvalue weighted by atomic mass is 10.1. The van der Waals surface area contributed by atoms with E-state index in [2.05, 4.69) is 10.4 Å². The molecule has 1 amide bonds. The summed E-state index contributed by atoms with van der Waals surface area (Å²) in [5, 5.41) is 7.17. The van der Waals surface area contributed by atoms with Crippen LogP contribution in [0.3, 0.4) is 0 Å². The molecule has 8 nitrogen and oxygen atoms in total. The van der Waals surface area contributed by atoms with Crippen LogP contribution < -0.4 is 10.1 Å². The summed E-state index contributed by atoms with van der Waals surface area (Å²) < 4.78 is 35.6. The highest BCUT2D eigenvalue weighted by atomic mass is 32.2. The van der Waals surface area contributed by atoms with Gasteiger partial charge in [0.1, 0.15) is 17.3 Å². The van der Waals surface area contributed by atoms with Crippen LogP contribution in [-0.4, -0.2) is 41.6 Å². The van der Waals surface area contributed by atoms with Crippen molar-refractivity contribution in [3.63, 3.8) is 0 Å². The number of fused-ring (bicyclic) bond motifs is 1. The third-order valence-corrected chi connectivity index (χ3v) is 7.98. The summed E-state index contributed by atoms with van der Waals surface area (Å²) in [6.07, 6.45) is 0. The average Bonchev–Trinajstić information content (AvgIpc) is 2.93. The third-order valence-electron chi connectivity index (χ3n) is 5.88. The second-order valence-corrected chi connectivity index (χ2v) is 10.2. The highest BCUT2D eigenvalue weighted by Crippen LogP contribution is 2.29. The van der Waals surface area contributed by atoms with E-state index in [0.29, 0.717) is 34.8 Å². The second-order valence-electron chi connectivity index (χ2n) is 8.30. The summed E-state index contributed by atoms with van der Waals surface area (Å²) in [6.45, 7) is 6.41. The van der Waals surface area contributed by atoms with E-state index in [1.54, 1.807) is 43.8 Å². The largest absolute Gasteiger partial charge is 0.492 e. The molecule has 0 saturated heterocycles. The normalized spacial score (nSPS) is 14.3. The molecule has 1 aliphatic rings. The van der Waals surface area contributed by atoms with Crippen LogP contribution in [0.2, 0.25) is 0 Å². The van der Waals surface area contributed by atoms with Gasteiger partial charge in [-0.2, -0.15) is 9.40 Å². The lowest BCUT2D eigenvalue weighted by Crippen LogP contribution is -2.33. The van der Waals surface area contributed by atoms with Gasteiger partial charge in [0.05, 0.1) is 11.4 Å². The number of sulfonamides is 1. The fraction of sp³-hybridized carbons (Fsp3) is 0.333. The van der Waals surface area contributed by atoms with Crippen molar-refractivity contribution in [3.8, 4) is 5.75 Å². The van der Waals surface area contributed by atoms with Crippen LogP contribution in [0.4, 0.5) is 0 Å². The molecule has 0 saturated carbocycles. The van der Waals surface area contributed by atoms with Gasteiger partial charge in [0.2, 0.25) is 10.0 Å². The lowest BCUT2D eigenvalue weighted by molar-refractivity contribution is 0.0950. The van der Waals surface area contributed by atoms with Crippen molar-refractivity contribution in [2.75, 3.05) is 13.2 Å². The topological polar surface area (TPSA) is 93.5 Å². The van der Waals surface area contributed by atoms with E-state index >= 15 is 0 Å². The average molecular weight is 469 g/mol. The van der Waals surface area contributed by atoms with E-state index in [4.69, 9.17) is 4.74 Å². The minimum absolute atomic E-state index is 0.116. The van der Waals surface area contributed by atoms with Gasteiger partial charge in [-0.05, 0) is 44.5 Å². The van der Waals surface area contributed by atoms with Gasteiger partial charge in [0, 0.05) is 37.8 Å². The molecular weight excluding hydrogens is 440 g/mol. The van der Waals surface area contributed by atoms with E-state index in [1.165, 1.54) is 4.31 Å². The highest BCUT2D eigenvalue weighted by Gasteiger charge is 2.32. The Morgan fingerprint density at radius 1 is 1.12 bits per heavy atom. The number of aryl methyl sites for hydroxylation is 3. The first-order valence-electron chi connectivity index (χ1n) is 10.8. The number of hydrogen-bond acceptors (Lipinski definition) is 5. The summed E-state index contributed by atoms with van der Waals surface area (Å²) in [6, 6.07) is 13.1. The Morgan fingerprint density at radius 3 is 2.52 bits per heavy atom. The Kier molecular flexibility index (Phi) is 6.27. The van der Waals surface area contributed by atoms with Crippen LogP contribution in [-0.2, 0) is 30.2 Å².